The van der Waals surface area contributed by atoms with Crippen LogP contribution in [0.1, 0.15) is 16.7 Å². The van der Waals surface area contributed by atoms with E-state index in [-0.39, 0.29) is 23.7 Å². The Bertz CT molecular complexity index is 804. The number of hydrogen-bond acceptors (Lipinski definition) is 3. The second-order valence-electron chi connectivity index (χ2n) is 5.40. The Morgan fingerprint density at radius 3 is 2.58 bits per heavy atom. The van der Waals surface area contributed by atoms with Crippen LogP contribution in [0.5, 0.6) is 5.75 Å². The molecule has 130 valence electrons. The van der Waals surface area contributed by atoms with Crippen molar-refractivity contribution in [2.24, 2.45) is 0 Å². The first-order valence-corrected chi connectivity index (χ1v) is 9.42. The molecule has 4 nitrogen and oxygen atoms in total. The summed E-state index contributed by atoms with van der Waals surface area (Å²) in [7, 11) is -3.71. The summed E-state index contributed by atoms with van der Waals surface area (Å²) in [6.07, 6.45) is 0. The van der Waals surface area contributed by atoms with Crippen molar-refractivity contribution in [1.29, 1.82) is 0 Å². The summed E-state index contributed by atoms with van der Waals surface area (Å²) in [5, 5.41) is 0.0898. The lowest BCUT2D eigenvalue weighted by Gasteiger charge is -2.12. The molecule has 0 heterocycles. The van der Waals surface area contributed by atoms with Crippen LogP contribution in [0.2, 0.25) is 5.02 Å². The van der Waals surface area contributed by atoms with Crippen LogP contribution in [-0.4, -0.2) is 21.6 Å². The molecule has 0 aliphatic carbocycles. The zero-order valence-corrected chi connectivity index (χ0v) is 15.0. The number of nitrogens with one attached hydrogen (secondary N) is 1. The van der Waals surface area contributed by atoms with E-state index in [0.29, 0.717) is 5.75 Å². The van der Waals surface area contributed by atoms with Gasteiger partial charge in [0.2, 0.25) is 10.0 Å². The molecule has 0 saturated heterocycles. The molecule has 0 amide bonds. The fraction of sp³-hybridized carbons (Fsp3) is 0.294. The molecule has 2 aromatic rings. The predicted octanol–water partition coefficient (Wildman–Crippen LogP) is 3.59. The molecular formula is C17H19ClFNO3S. The van der Waals surface area contributed by atoms with Gasteiger partial charge in [0, 0.05) is 17.1 Å². The highest BCUT2D eigenvalue weighted by molar-refractivity contribution is 7.88. The minimum absolute atomic E-state index is 0.0397. The third-order valence-electron chi connectivity index (χ3n) is 3.63. The predicted molar refractivity (Wildman–Crippen MR) is 93.4 cm³/mol. The second kappa shape index (κ2) is 7.96. The lowest BCUT2D eigenvalue weighted by Crippen LogP contribution is -2.29. The first kappa shape index (κ1) is 18.7. The van der Waals surface area contributed by atoms with Crippen molar-refractivity contribution in [2.45, 2.75) is 19.6 Å². The first-order chi connectivity index (χ1) is 11.3. The van der Waals surface area contributed by atoms with Gasteiger partial charge in [0.15, 0.2) is 0 Å². The molecule has 0 aliphatic heterocycles. The third kappa shape index (κ3) is 4.93. The van der Waals surface area contributed by atoms with E-state index < -0.39 is 21.6 Å². The van der Waals surface area contributed by atoms with Crippen LogP contribution in [0.3, 0.4) is 0 Å². The Hall–Kier alpha value is -1.63. The van der Waals surface area contributed by atoms with Crippen LogP contribution in [0, 0.1) is 19.7 Å². The van der Waals surface area contributed by atoms with Crippen molar-refractivity contribution < 1.29 is 17.5 Å². The quantitative estimate of drug-likeness (QED) is 0.757. The lowest BCUT2D eigenvalue weighted by molar-refractivity contribution is 0.320. The van der Waals surface area contributed by atoms with E-state index in [1.54, 1.807) is 0 Å². The Morgan fingerprint density at radius 1 is 1.17 bits per heavy atom. The van der Waals surface area contributed by atoms with Crippen molar-refractivity contribution in [1.82, 2.24) is 4.72 Å². The van der Waals surface area contributed by atoms with Gasteiger partial charge in [-0.25, -0.2) is 17.5 Å². The number of rotatable bonds is 7. The van der Waals surface area contributed by atoms with Gasteiger partial charge in [-0.2, -0.15) is 0 Å². The van der Waals surface area contributed by atoms with Crippen molar-refractivity contribution in [3.63, 3.8) is 0 Å². The molecule has 0 radical (unpaired) electrons. The maximum absolute atomic E-state index is 13.7. The largest absolute Gasteiger partial charge is 0.492 e. The summed E-state index contributed by atoms with van der Waals surface area (Å²) in [6, 6.07) is 9.75. The van der Waals surface area contributed by atoms with E-state index in [1.165, 1.54) is 18.2 Å². The molecule has 0 atom stereocenters. The third-order valence-corrected chi connectivity index (χ3v) is 5.30. The van der Waals surface area contributed by atoms with Gasteiger partial charge in [-0.05, 0) is 43.2 Å². The molecule has 7 heteroatoms. The van der Waals surface area contributed by atoms with Gasteiger partial charge in [-0.1, -0.05) is 29.8 Å². The number of hydrogen-bond donors (Lipinski definition) is 1. The number of sulfonamides is 1. The van der Waals surface area contributed by atoms with E-state index in [4.69, 9.17) is 16.3 Å². The first-order valence-electron chi connectivity index (χ1n) is 7.39. The van der Waals surface area contributed by atoms with Crippen molar-refractivity contribution in [3.8, 4) is 5.75 Å². The molecule has 0 aromatic heterocycles. The number of ether oxygens (including phenoxy) is 1. The minimum atomic E-state index is -3.71. The lowest BCUT2D eigenvalue weighted by atomic mass is 10.1. The van der Waals surface area contributed by atoms with E-state index in [0.717, 1.165) is 11.1 Å². The summed E-state index contributed by atoms with van der Waals surface area (Å²) >= 11 is 5.85. The van der Waals surface area contributed by atoms with Crippen LogP contribution in [0.25, 0.3) is 0 Å². The van der Waals surface area contributed by atoms with Crippen molar-refractivity contribution in [3.05, 3.63) is 63.9 Å². The monoisotopic (exact) mass is 371 g/mol. The fourth-order valence-electron chi connectivity index (χ4n) is 2.15. The van der Waals surface area contributed by atoms with E-state index in [2.05, 4.69) is 4.72 Å². The Kier molecular flexibility index (Phi) is 6.21. The minimum Gasteiger partial charge on any atom is -0.492 e. The van der Waals surface area contributed by atoms with Crippen LogP contribution in [0.15, 0.2) is 36.4 Å². The van der Waals surface area contributed by atoms with Gasteiger partial charge in [0.25, 0.3) is 0 Å². The van der Waals surface area contributed by atoms with Crippen molar-refractivity contribution >= 4 is 21.6 Å². The molecule has 1 N–H and O–H groups in total. The van der Waals surface area contributed by atoms with E-state index in [9.17, 15) is 12.8 Å². The molecule has 24 heavy (non-hydrogen) atoms. The van der Waals surface area contributed by atoms with Gasteiger partial charge in [-0.15, -0.1) is 0 Å². The van der Waals surface area contributed by atoms with Crippen molar-refractivity contribution in [2.75, 3.05) is 13.2 Å². The van der Waals surface area contributed by atoms with Gasteiger partial charge in [0.1, 0.15) is 18.2 Å². The van der Waals surface area contributed by atoms with Crippen LogP contribution < -0.4 is 9.46 Å². The van der Waals surface area contributed by atoms with Crippen LogP contribution in [-0.2, 0) is 15.8 Å². The summed E-state index contributed by atoms with van der Waals surface area (Å²) in [4.78, 5) is 0. The maximum atomic E-state index is 13.7. The maximum Gasteiger partial charge on any atom is 0.216 e. The molecule has 0 fully saturated rings. The van der Waals surface area contributed by atoms with Gasteiger partial charge in [0.05, 0.1) is 5.75 Å². The molecule has 0 bridgehead atoms. The van der Waals surface area contributed by atoms with Gasteiger partial charge < -0.3 is 4.74 Å². The summed E-state index contributed by atoms with van der Waals surface area (Å²) in [5.74, 6) is -0.437. The molecule has 0 unspecified atom stereocenters. The summed E-state index contributed by atoms with van der Waals surface area (Å²) in [6.45, 7) is 4.17. The van der Waals surface area contributed by atoms with Crippen LogP contribution >= 0.6 is 11.6 Å². The average Bonchev–Trinajstić information content (AvgIpc) is 2.51. The average molecular weight is 372 g/mol. The summed E-state index contributed by atoms with van der Waals surface area (Å²) < 4.78 is 45.7. The number of aryl methyl sites for hydroxylation is 1. The standard InChI is InChI=1S/C17H19ClFNO3S/c1-12-5-3-8-17(13(12)2)23-10-9-20-24(21,22)11-14-15(18)6-4-7-16(14)19/h3-8,20H,9-11H2,1-2H3. The smallest absolute Gasteiger partial charge is 0.216 e. The van der Waals surface area contributed by atoms with E-state index in [1.807, 2.05) is 32.0 Å². The summed E-state index contributed by atoms with van der Waals surface area (Å²) in [5.41, 5.74) is 2.07. The Morgan fingerprint density at radius 2 is 1.88 bits per heavy atom. The number of benzene rings is 2. The molecule has 2 rings (SSSR count). The second-order valence-corrected chi connectivity index (χ2v) is 7.61. The molecule has 0 saturated carbocycles. The van der Waals surface area contributed by atoms with Gasteiger partial charge in [-0.3, -0.25) is 0 Å². The highest BCUT2D eigenvalue weighted by Crippen LogP contribution is 2.21. The topological polar surface area (TPSA) is 55.4 Å². The molecule has 2 aromatic carbocycles. The zero-order valence-electron chi connectivity index (χ0n) is 13.5. The normalized spacial score (nSPS) is 11.5. The van der Waals surface area contributed by atoms with E-state index >= 15 is 0 Å². The molecule has 0 spiro atoms. The van der Waals surface area contributed by atoms with Crippen LogP contribution in [0.4, 0.5) is 4.39 Å². The highest BCUT2D eigenvalue weighted by Gasteiger charge is 2.17. The SMILES string of the molecule is Cc1cccc(OCCNS(=O)(=O)Cc2c(F)cccc2Cl)c1C. The molecule has 0 aliphatic rings. The Balaban J connectivity index is 1.90. The molecular weight excluding hydrogens is 353 g/mol. The fourth-order valence-corrected chi connectivity index (χ4v) is 3.63. The zero-order chi connectivity index (χ0) is 17.7. The highest BCUT2D eigenvalue weighted by atomic mass is 35.5. The number of halogens is 2. The Labute approximate surface area is 146 Å². The van der Waals surface area contributed by atoms with Gasteiger partial charge >= 0.3 is 0 Å².